The van der Waals surface area contributed by atoms with Gasteiger partial charge in [0.25, 0.3) is 0 Å². The number of nitrogens with zero attached hydrogens (tertiary/aromatic N) is 3. The standard InChI is InChI=1S/C9H12N4O2/c10-8(14)7-6-13(4-5-15-7)9-11-2-1-3-12-9/h1-3,7H,4-6H2,(H2,10,14). The summed E-state index contributed by atoms with van der Waals surface area (Å²) in [7, 11) is 0. The number of carbonyl (C=O) groups excluding carboxylic acids is 1. The maximum atomic E-state index is 11.0. The fraction of sp³-hybridized carbons (Fsp3) is 0.444. The molecule has 1 aliphatic heterocycles. The van der Waals surface area contributed by atoms with Crippen LogP contribution in [0.2, 0.25) is 0 Å². The van der Waals surface area contributed by atoms with E-state index in [1.54, 1.807) is 18.5 Å². The summed E-state index contributed by atoms with van der Waals surface area (Å²) >= 11 is 0. The zero-order chi connectivity index (χ0) is 10.7. The van der Waals surface area contributed by atoms with Crippen molar-refractivity contribution in [1.29, 1.82) is 0 Å². The number of primary amides is 1. The van der Waals surface area contributed by atoms with Gasteiger partial charge in [0, 0.05) is 18.9 Å². The lowest BCUT2D eigenvalue weighted by Crippen LogP contribution is -2.49. The molecule has 1 aromatic rings. The van der Waals surface area contributed by atoms with Crippen molar-refractivity contribution in [2.75, 3.05) is 24.6 Å². The molecule has 80 valence electrons. The molecule has 1 aliphatic rings. The van der Waals surface area contributed by atoms with Crippen LogP contribution in [0.3, 0.4) is 0 Å². The summed E-state index contributed by atoms with van der Waals surface area (Å²) in [6, 6.07) is 1.75. The minimum Gasteiger partial charge on any atom is -0.367 e. The Kier molecular flexibility index (Phi) is 2.77. The lowest BCUT2D eigenvalue weighted by Gasteiger charge is -2.31. The first-order chi connectivity index (χ1) is 7.27. The molecule has 6 heteroatoms. The Balaban J connectivity index is 2.08. The first-order valence-corrected chi connectivity index (χ1v) is 4.70. The van der Waals surface area contributed by atoms with Crippen molar-refractivity contribution in [3.63, 3.8) is 0 Å². The predicted molar refractivity (Wildman–Crippen MR) is 53.2 cm³/mol. The SMILES string of the molecule is NC(=O)C1CN(c2ncccn2)CCO1. The number of hydrogen-bond donors (Lipinski definition) is 1. The van der Waals surface area contributed by atoms with Gasteiger partial charge in [0.15, 0.2) is 6.10 Å². The molecule has 1 fully saturated rings. The molecule has 2 rings (SSSR count). The van der Waals surface area contributed by atoms with Gasteiger partial charge < -0.3 is 15.4 Å². The zero-order valence-corrected chi connectivity index (χ0v) is 8.17. The number of ether oxygens (including phenoxy) is 1. The van der Waals surface area contributed by atoms with Gasteiger partial charge in [0.05, 0.1) is 13.2 Å². The lowest BCUT2D eigenvalue weighted by atomic mass is 10.2. The Morgan fingerprint density at radius 3 is 2.93 bits per heavy atom. The fourth-order valence-electron chi connectivity index (χ4n) is 1.46. The van der Waals surface area contributed by atoms with Gasteiger partial charge in [-0.2, -0.15) is 0 Å². The van der Waals surface area contributed by atoms with Crippen molar-refractivity contribution in [2.24, 2.45) is 5.73 Å². The summed E-state index contributed by atoms with van der Waals surface area (Å²) in [5, 5.41) is 0. The van der Waals surface area contributed by atoms with Gasteiger partial charge in [-0.05, 0) is 6.07 Å². The van der Waals surface area contributed by atoms with Crippen LogP contribution in [-0.2, 0) is 9.53 Å². The van der Waals surface area contributed by atoms with Crippen LogP contribution >= 0.6 is 0 Å². The highest BCUT2D eigenvalue weighted by Gasteiger charge is 2.25. The maximum Gasteiger partial charge on any atom is 0.248 e. The van der Waals surface area contributed by atoms with Crippen molar-refractivity contribution < 1.29 is 9.53 Å². The molecule has 0 radical (unpaired) electrons. The van der Waals surface area contributed by atoms with E-state index in [1.807, 2.05) is 4.90 Å². The number of amides is 1. The Bertz CT molecular complexity index is 343. The van der Waals surface area contributed by atoms with E-state index in [-0.39, 0.29) is 0 Å². The first kappa shape index (κ1) is 9.85. The highest BCUT2D eigenvalue weighted by Crippen LogP contribution is 2.11. The highest BCUT2D eigenvalue weighted by atomic mass is 16.5. The fourth-order valence-corrected chi connectivity index (χ4v) is 1.46. The van der Waals surface area contributed by atoms with E-state index in [4.69, 9.17) is 10.5 Å². The van der Waals surface area contributed by atoms with Crippen LogP contribution in [0, 0.1) is 0 Å². The molecule has 0 aromatic carbocycles. The van der Waals surface area contributed by atoms with E-state index in [2.05, 4.69) is 9.97 Å². The zero-order valence-electron chi connectivity index (χ0n) is 8.17. The molecule has 1 saturated heterocycles. The second kappa shape index (κ2) is 4.22. The molecule has 15 heavy (non-hydrogen) atoms. The molecule has 2 heterocycles. The topological polar surface area (TPSA) is 81.3 Å². The van der Waals surface area contributed by atoms with Gasteiger partial charge in [-0.1, -0.05) is 0 Å². The molecule has 2 N–H and O–H groups in total. The molecule has 0 aliphatic carbocycles. The number of rotatable bonds is 2. The van der Waals surface area contributed by atoms with E-state index in [1.165, 1.54) is 0 Å². The molecule has 1 aromatic heterocycles. The minimum atomic E-state index is -0.567. The maximum absolute atomic E-state index is 11.0. The van der Waals surface area contributed by atoms with E-state index >= 15 is 0 Å². The third-order valence-corrected chi connectivity index (χ3v) is 2.22. The summed E-state index contributed by atoms with van der Waals surface area (Å²) in [6.07, 6.45) is 2.76. The molecular formula is C9H12N4O2. The van der Waals surface area contributed by atoms with Crippen LogP contribution in [0.15, 0.2) is 18.5 Å². The molecule has 1 amide bonds. The van der Waals surface area contributed by atoms with Crippen molar-refractivity contribution in [1.82, 2.24) is 9.97 Å². The molecular weight excluding hydrogens is 196 g/mol. The summed E-state index contributed by atoms with van der Waals surface area (Å²) in [5.41, 5.74) is 5.18. The summed E-state index contributed by atoms with van der Waals surface area (Å²) < 4.78 is 5.22. The summed E-state index contributed by atoms with van der Waals surface area (Å²) in [6.45, 7) is 1.55. The van der Waals surface area contributed by atoms with Gasteiger partial charge in [0.2, 0.25) is 11.9 Å². The molecule has 1 unspecified atom stereocenters. The molecule has 0 spiro atoms. The number of nitrogens with two attached hydrogens (primary N) is 1. The monoisotopic (exact) mass is 208 g/mol. The number of anilines is 1. The van der Waals surface area contributed by atoms with Crippen molar-refractivity contribution in [2.45, 2.75) is 6.10 Å². The van der Waals surface area contributed by atoms with Crippen LogP contribution in [0.5, 0.6) is 0 Å². The second-order valence-corrected chi connectivity index (χ2v) is 3.26. The molecule has 6 nitrogen and oxygen atoms in total. The smallest absolute Gasteiger partial charge is 0.248 e. The number of hydrogen-bond acceptors (Lipinski definition) is 5. The van der Waals surface area contributed by atoms with E-state index in [0.717, 1.165) is 0 Å². The van der Waals surface area contributed by atoms with Crippen molar-refractivity contribution in [3.05, 3.63) is 18.5 Å². The van der Waals surface area contributed by atoms with Crippen molar-refractivity contribution >= 4 is 11.9 Å². The van der Waals surface area contributed by atoms with E-state index in [9.17, 15) is 4.79 Å². The Morgan fingerprint density at radius 1 is 1.53 bits per heavy atom. The number of carbonyl (C=O) groups is 1. The number of aromatic nitrogens is 2. The van der Waals surface area contributed by atoms with Crippen LogP contribution in [0.1, 0.15) is 0 Å². The Morgan fingerprint density at radius 2 is 2.27 bits per heavy atom. The van der Waals surface area contributed by atoms with Crippen LogP contribution in [-0.4, -0.2) is 41.7 Å². The van der Waals surface area contributed by atoms with Gasteiger partial charge >= 0.3 is 0 Å². The Hall–Kier alpha value is -1.69. The molecule has 0 bridgehead atoms. The van der Waals surface area contributed by atoms with E-state index < -0.39 is 12.0 Å². The third kappa shape index (κ3) is 2.21. The molecule has 0 saturated carbocycles. The summed E-state index contributed by atoms with van der Waals surface area (Å²) in [5.74, 6) is 0.155. The van der Waals surface area contributed by atoms with Gasteiger partial charge in [0.1, 0.15) is 0 Å². The van der Waals surface area contributed by atoms with Crippen LogP contribution in [0.4, 0.5) is 5.95 Å². The second-order valence-electron chi connectivity index (χ2n) is 3.26. The van der Waals surface area contributed by atoms with Crippen LogP contribution < -0.4 is 10.6 Å². The average Bonchev–Trinajstić information content (AvgIpc) is 2.30. The summed E-state index contributed by atoms with van der Waals surface area (Å²) in [4.78, 5) is 21.1. The van der Waals surface area contributed by atoms with Crippen molar-refractivity contribution in [3.8, 4) is 0 Å². The van der Waals surface area contributed by atoms with Gasteiger partial charge in [-0.15, -0.1) is 0 Å². The van der Waals surface area contributed by atoms with Gasteiger partial charge in [-0.3, -0.25) is 4.79 Å². The average molecular weight is 208 g/mol. The minimum absolute atomic E-state index is 0.416. The first-order valence-electron chi connectivity index (χ1n) is 4.70. The predicted octanol–water partition coefficient (Wildman–Crippen LogP) is -0.833. The Labute approximate surface area is 87.1 Å². The largest absolute Gasteiger partial charge is 0.367 e. The highest BCUT2D eigenvalue weighted by molar-refractivity contribution is 5.79. The lowest BCUT2D eigenvalue weighted by molar-refractivity contribution is -0.130. The quantitative estimate of drug-likeness (QED) is 0.685. The third-order valence-electron chi connectivity index (χ3n) is 2.22. The molecule has 1 atom stereocenters. The van der Waals surface area contributed by atoms with Gasteiger partial charge in [-0.25, -0.2) is 9.97 Å². The van der Waals surface area contributed by atoms with E-state index in [0.29, 0.717) is 25.6 Å². The number of morpholine rings is 1. The normalized spacial score (nSPS) is 21.3. The van der Waals surface area contributed by atoms with Crippen LogP contribution in [0.25, 0.3) is 0 Å².